The third kappa shape index (κ3) is 6.09. The molecule has 0 radical (unpaired) electrons. The van der Waals surface area contributed by atoms with E-state index in [4.69, 9.17) is 20.3 Å². The lowest BCUT2D eigenvalue weighted by molar-refractivity contribution is -0.384. The van der Waals surface area contributed by atoms with Crippen molar-refractivity contribution >= 4 is 13.5 Å². The van der Waals surface area contributed by atoms with E-state index in [2.05, 4.69) is 4.52 Å². The van der Waals surface area contributed by atoms with Gasteiger partial charge < -0.3 is 20.3 Å². The fourth-order valence-electron chi connectivity index (χ4n) is 1.38. The number of hydrogen-bond acceptors (Lipinski definition) is 6. The van der Waals surface area contributed by atoms with Crippen LogP contribution < -0.4 is 10.5 Å². The second-order valence-corrected chi connectivity index (χ2v) is 5.03. The van der Waals surface area contributed by atoms with Gasteiger partial charge in [0.1, 0.15) is 5.75 Å². The van der Waals surface area contributed by atoms with Gasteiger partial charge in [0, 0.05) is 25.1 Å². The zero-order valence-corrected chi connectivity index (χ0v) is 11.3. The van der Waals surface area contributed by atoms with Crippen LogP contribution >= 0.6 is 7.82 Å². The smallest absolute Gasteiger partial charge is 0.469 e. The monoisotopic (exact) mass is 306 g/mol. The number of nitrogens with two attached hydrogens (primary N) is 1. The van der Waals surface area contributed by atoms with Gasteiger partial charge in [-0.3, -0.25) is 14.6 Å². The maximum atomic E-state index is 10.6. The molecule has 0 aromatic heterocycles. The van der Waals surface area contributed by atoms with Crippen LogP contribution in [0.2, 0.25) is 0 Å². The van der Waals surface area contributed by atoms with Gasteiger partial charge >= 0.3 is 7.82 Å². The number of nitro groups is 1. The molecule has 0 fully saturated rings. The van der Waals surface area contributed by atoms with Gasteiger partial charge in [-0.1, -0.05) is 0 Å². The quantitative estimate of drug-likeness (QED) is 0.363. The SMILES string of the molecule is NCC(CCOc1ccc([N+](=O)[O-])cc1)OP(=O)(O)O. The van der Waals surface area contributed by atoms with Gasteiger partial charge in [-0.05, 0) is 12.1 Å². The molecule has 0 aliphatic heterocycles. The summed E-state index contributed by atoms with van der Waals surface area (Å²) in [5.41, 5.74) is 5.26. The van der Waals surface area contributed by atoms with Crippen molar-refractivity contribution in [2.45, 2.75) is 12.5 Å². The molecule has 10 heteroatoms. The van der Waals surface area contributed by atoms with Crippen molar-refractivity contribution in [3.63, 3.8) is 0 Å². The van der Waals surface area contributed by atoms with Crippen molar-refractivity contribution in [1.29, 1.82) is 0 Å². The molecule has 0 spiro atoms. The molecular weight excluding hydrogens is 291 g/mol. The highest BCUT2D eigenvalue weighted by atomic mass is 31.2. The molecule has 0 saturated heterocycles. The molecule has 0 amide bonds. The lowest BCUT2D eigenvalue weighted by Gasteiger charge is -2.16. The van der Waals surface area contributed by atoms with E-state index >= 15 is 0 Å². The highest BCUT2D eigenvalue weighted by molar-refractivity contribution is 7.46. The normalized spacial score (nSPS) is 12.9. The average Bonchev–Trinajstić information content (AvgIpc) is 2.36. The molecule has 1 aromatic rings. The van der Waals surface area contributed by atoms with E-state index in [9.17, 15) is 14.7 Å². The van der Waals surface area contributed by atoms with Crippen molar-refractivity contribution < 1.29 is 28.5 Å². The minimum absolute atomic E-state index is 0.0537. The van der Waals surface area contributed by atoms with E-state index in [0.717, 1.165) is 0 Å². The van der Waals surface area contributed by atoms with E-state index in [1.165, 1.54) is 24.3 Å². The highest BCUT2D eigenvalue weighted by Gasteiger charge is 2.21. The first-order chi connectivity index (χ1) is 9.31. The molecule has 9 nitrogen and oxygen atoms in total. The Balaban J connectivity index is 2.43. The predicted octanol–water partition coefficient (Wildman–Crippen LogP) is 0.800. The number of ether oxygens (including phenoxy) is 1. The molecule has 4 N–H and O–H groups in total. The van der Waals surface area contributed by atoms with Crippen molar-refractivity contribution in [1.82, 2.24) is 0 Å². The lowest BCUT2D eigenvalue weighted by Crippen LogP contribution is -2.25. The Morgan fingerprint density at radius 3 is 2.40 bits per heavy atom. The standard InChI is InChI=1S/C10H15N2O7P/c11-7-10(19-20(15,16)17)5-6-18-9-3-1-8(2-4-9)12(13)14/h1-4,10H,5-7,11H2,(H2,15,16,17). The third-order valence-electron chi connectivity index (χ3n) is 2.31. The van der Waals surface area contributed by atoms with Crippen LogP contribution in [-0.2, 0) is 9.09 Å². The van der Waals surface area contributed by atoms with Gasteiger partial charge in [0.05, 0.1) is 17.6 Å². The topological polar surface area (TPSA) is 145 Å². The number of benzene rings is 1. The molecule has 0 saturated carbocycles. The molecular formula is C10H15N2O7P. The largest absolute Gasteiger partial charge is 0.493 e. The first-order valence-corrected chi connectivity index (χ1v) is 7.16. The lowest BCUT2D eigenvalue weighted by atomic mass is 10.2. The predicted molar refractivity (Wildman–Crippen MR) is 69.2 cm³/mol. The first kappa shape index (κ1) is 16.5. The summed E-state index contributed by atoms with van der Waals surface area (Å²) in [6, 6.07) is 5.45. The molecule has 112 valence electrons. The van der Waals surface area contributed by atoms with E-state index in [0.29, 0.717) is 5.75 Å². The van der Waals surface area contributed by atoms with Crippen LogP contribution in [0.15, 0.2) is 24.3 Å². The van der Waals surface area contributed by atoms with Crippen LogP contribution in [0.1, 0.15) is 6.42 Å². The van der Waals surface area contributed by atoms with Gasteiger partial charge in [-0.2, -0.15) is 0 Å². The second-order valence-electron chi connectivity index (χ2n) is 3.84. The second kappa shape index (κ2) is 7.32. The molecule has 0 aliphatic carbocycles. The van der Waals surface area contributed by atoms with Gasteiger partial charge in [-0.15, -0.1) is 0 Å². The number of nitrogens with zero attached hydrogens (tertiary/aromatic N) is 1. The maximum absolute atomic E-state index is 10.6. The van der Waals surface area contributed by atoms with E-state index in [-0.39, 0.29) is 25.3 Å². The Labute approximate surface area is 114 Å². The Kier molecular flexibility index (Phi) is 6.05. The molecule has 1 rings (SSSR count). The minimum atomic E-state index is -4.58. The molecule has 0 aliphatic rings. The van der Waals surface area contributed by atoms with Crippen LogP contribution in [-0.4, -0.2) is 34.0 Å². The van der Waals surface area contributed by atoms with Crippen LogP contribution in [0, 0.1) is 10.1 Å². The molecule has 1 unspecified atom stereocenters. The van der Waals surface area contributed by atoms with Gasteiger partial charge in [0.15, 0.2) is 0 Å². The summed E-state index contributed by atoms with van der Waals surface area (Å²) in [5.74, 6) is 0.405. The minimum Gasteiger partial charge on any atom is -0.493 e. The number of hydrogen-bond donors (Lipinski definition) is 3. The molecule has 0 bridgehead atoms. The van der Waals surface area contributed by atoms with Crippen molar-refractivity contribution in [2.75, 3.05) is 13.2 Å². The van der Waals surface area contributed by atoms with E-state index in [1.54, 1.807) is 0 Å². The van der Waals surface area contributed by atoms with Crippen molar-refractivity contribution in [3.05, 3.63) is 34.4 Å². The van der Waals surface area contributed by atoms with Crippen LogP contribution in [0.4, 0.5) is 5.69 Å². The summed E-state index contributed by atoms with van der Waals surface area (Å²) in [5, 5.41) is 10.4. The van der Waals surface area contributed by atoms with Gasteiger partial charge in [0.2, 0.25) is 0 Å². The van der Waals surface area contributed by atoms with Crippen LogP contribution in [0.5, 0.6) is 5.75 Å². The Bertz CT molecular complexity index is 487. The fraction of sp³-hybridized carbons (Fsp3) is 0.400. The zero-order chi connectivity index (χ0) is 15.2. The molecule has 1 aromatic carbocycles. The Hall–Kier alpha value is -1.51. The summed E-state index contributed by atoms with van der Waals surface area (Å²) in [6.45, 7) is 0.0500. The molecule has 20 heavy (non-hydrogen) atoms. The molecule has 1 atom stereocenters. The van der Waals surface area contributed by atoms with Crippen molar-refractivity contribution in [2.24, 2.45) is 5.73 Å². The van der Waals surface area contributed by atoms with Crippen molar-refractivity contribution in [3.8, 4) is 5.75 Å². The molecule has 0 heterocycles. The Morgan fingerprint density at radius 1 is 1.35 bits per heavy atom. The summed E-state index contributed by atoms with van der Waals surface area (Å²) in [4.78, 5) is 27.2. The summed E-state index contributed by atoms with van der Waals surface area (Å²) in [6.07, 6.45) is -0.646. The fourth-order valence-corrected chi connectivity index (χ4v) is 1.96. The van der Waals surface area contributed by atoms with Gasteiger partial charge in [-0.25, -0.2) is 4.57 Å². The zero-order valence-electron chi connectivity index (χ0n) is 10.4. The average molecular weight is 306 g/mol. The summed E-state index contributed by atoms with van der Waals surface area (Å²) in [7, 11) is -4.58. The summed E-state index contributed by atoms with van der Waals surface area (Å²) >= 11 is 0. The third-order valence-corrected chi connectivity index (χ3v) is 2.88. The number of non-ortho nitro benzene ring substituents is 1. The number of phosphoric ester groups is 1. The number of phosphoric acid groups is 1. The van der Waals surface area contributed by atoms with Crippen LogP contribution in [0.3, 0.4) is 0 Å². The highest BCUT2D eigenvalue weighted by Crippen LogP contribution is 2.37. The van der Waals surface area contributed by atoms with Crippen LogP contribution in [0.25, 0.3) is 0 Å². The summed E-state index contributed by atoms with van der Waals surface area (Å²) < 4.78 is 20.4. The Morgan fingerprint density at radius 2 is 1.95 bits per heavy atom. The van der Waals surface area contributed by atoms with Gasteiger partial charge in [0.25, 0.3) is 5.69 Å². The van der Waals surface area contributed by atoms with E-state index in [1.807, 2.05) is 0 Å². The van der Waals surface area contributed by atoms with E-state index < -0.39 is 18.8 Å². The first-order valence-electron chi connectivity index (χ1n) is 5.63. The number of nitro benzene ring substituents is 1. The number of rotatable bonds is 8. The maximum Gasteiger partial charge on any atom is 0.469 e.